The highest BCUT2D eigenvalue weighted by Crippen LogP contribution is 2.53. The van der Waals surface area contributed by atoms with Crippen LogP contribution in [0.3, 0.4) is 0 Å². The molecule has 0 aromatic heterocycles. The Morgan fingerprint density at radius 1 is 0.305 bits per heavy atom. The molecule has 2 aliphatic rings. The molecular formula is C58H45N. The lowest BCUT2D eigenvalue weighted by molar-refractivity contribution is 0.660. The summed E-state index contributed by atoms with van der Waals surface area (Å²) < 4.78 is 0. The molecule has 0 heterocycles. The van der Waals surface area contributed by atoms with Gasteiger partial charge in [0.15, 0.2) is 0 Å². The second-order valence-corrected chi connectivity index (χ2v) is 17.3. The molecule has 0 saturated heterocycles. The number of para-hydroxylation sites is 1. The Labute approximate surface area is 347 Å². The molecule has 2 aliphatic carbocycles. The van der Waals surface area contributed by atoms with Gasteiger partial charge in [0.1, 0.15) is 0 Å². The minimum absolute atomic E-state index is 0.0433. The number of rotatable bonds is 6. The van der Waals surface area contributed by atoms with E-state index in [-0.39, 0.29) is 10.8 Å². The summed E-state index contributed by atoms with van der Waals surface area (Å²) in [4.78, 5) is 2.45. The molecule has 0 aliphatic heterocycles. The fourth-order valence-corrected chi connectivity index (χ4v) is 10.2. The first kappa shape index (κ1) is 35.2. The molecule has 282 valence electrons. The number of nitrogens with zero attached hydrogens (tertiary/aromatic N) is 1. The van der Waals surface area contributed by atoms with Gasteiger partial charge in [-0.2, -0.15) is 0 Å². The lowest BCUT2D eigenvalue weighted by Crippen LogP contribution is -2.17. The second kappa shape index (κ2) is 13.3. The van der Waals surface area contributed by atoms with Gasteiger partial charge in [-0.25, -0.2) is 0 Å². The van der Waals surface area contributed by atoms with Crippen molar-refractivity contribution >= 4 is 27.8 Å². The SMILES string of the molecule is CC1(C)c2ccccc2-c2ccc(-c3ccc(N(c4ccc5c(c4)C(C)(C)c4cc(-c6cccc7ccccc67)ccc4-5)c4ccccc4-c4ccccc4)cc3)cc21. The minimum Gasteiger partial charge on any atom is -0.310 e. The third-order valence-electron chi connectivity index (χ3n) is 13.3. The van der Waals surface area contributed by atoms with E-state index in [9.17, 15) is 0 Å². The fraction of sp³-hybridized carbons (Fsp3) is 0.103. The van der Waals surface area contributed by atoms with Crippen LogP contribution in [0.4, 0.5) is 17.1 Å². The summed E-state index contributed by atoms with van der Waals surface area (Å²) in [7, 11) is 0. The molecular weight excluding hydrogens is 711 g/mol. The molecule has 0 radical (unpaired) electrons. The summed E-state index contributed by atoms with van der Waals surface area (Å²) in [5.74, 6) is 0. The van der Waals surface area contributed by atoms with Crippen molar-refractivity contribution in [3.05, 3.63) is 222 Å². The first-order valence-corrected chi connectivity index (χ1v) is 20.8. The predicted molar refractivity (Wildman–Crippen MR) is 250 cm³/mol. The van der Waals surface area contributed by atoms with E-state index in [2.05, 4.69) is 233 Å². The summed E-state index contributed by atoms with van der Waals surface area (Å²) in [6.45, 7) is 9.49. The normalized spacial score (nSPS) is 14.0. The van der Waals surface area contributed by atoms with Gasteiger partial charge >= 0.3 is 0 Å². The summed E-state index contributed by atoms with van der Waals surface area (Å²) in [6.07, 6.45) is 0. The predicted octanol–water partition coefficient (Wildman–Crippen LogP) is 15.9. The maximum Gasteiger partial charge on any atom is 0.0540 e. The Morgan fingerprint density at radius 2 is 0.814 bits per heavy atom. The van der Waals surface area contributed by atoms with Gasteiger partial charge < -0.3 is 4.90 Å². The maximum absolute atomic E-state index is 2.45. The lowest BCUT2D eigenvalue weighted by Gasteiger charge is -2.30. The average molecular weight is 756 g/mol. The van der Waals surface area contributed by atoms with E-state index >= 15 is 0 Å². The Hall–Kier alpha value is -6.96. The third kappa shape index (κ3) is 5.53. The van der Waals surface area contributed by atoms with Crippen LogP contribution in [-0.2, 0) is 10.8 Å². The van der Waals surface area contributed by atoms with Gasteiger partial charge in [0, 0.05) is 27.8 Å². The zero-order valence-corrected chi connectivity index (χ0v) is 34.0. The lowest BCUT2D eigenvalue weighted by atomic mass is 9.81. The Bertz CT molecular complexity index is 3090. The standard InChI is InChI=1S/C58H45N/c1-57(2)52-23-12-10-21-48(52)49-32-27-41(35-53(49)57)38-25-29-43(30-26-38)59(56-24-13-11-20-47(56)40-15-6-5-7-16-40)44-31-34-51-50-33-28-42(36-54(50)58(3,4)55(51)37-44)46-22-14-18-39-17-8-9-19-45(39)46/h5-37H,1-4H3. The molecule has 1 heteroatoms. The van der Waals surface area contributed by atoms with E-state index in [1.807, 2.05) is 0 Å². The molecule has 0 bridgehead atoms. The number of hydrogen-bond donors (Lipinski definition) is 0. The molecule has 0 spiro atoms. The number of benzene rings is 9. The molecule has 0 N–H and O–H groups in total. The van der Waals surface area contributed by atoms with E-state index in [0.717, 1.165) is 17.1 Å². The summed E-state index contributed by atoms with van der Waals surface area (Å²) in [6, 6.07) is 74.3. The van der Waals surface area contributed by atoms with E-state index in [0.29, 0.717) is 0 Å². The van der Waals surface area contributed by atoms with Crippen molar-refractivity contribution in [1.82, 2.24) is 0 Å². The molecule has 11 rings (SSSR count). The van der Waals surface area contributed by atoms with Crippen molar-refractivity contribution in [2.24, 2.45) is 0 Å². The highest BCUT2D eigenvalue weighted by Gasteiger charge is 2.37. The summed E-state index contributed by atoms with van der Waals surface area (Å²) in [5, 5.41) is 2.55. The van der Waals surface area contributed by atoms with Gasteiger partial charge in [-0.1, -0.05) is 185 Å². The molecule has 0 atom stereocenters. The third-order valence-corrected chi connectivity index (χ3v) is 13.3. The van der Waals surface area contributed by atoms with Crippen molar-refractivity contribution in [3.8, 4) is 55.6 Å². The van der Waals surface area contributed by atoms with Gasteiger partial charge in [0.25, 0.3) is 0 Å². The number of fused-ring (bicyclic) bond motifs is 7. The molecule has 0 amide bonds. The van der Waals surface area contributed by atoms with Crippen LogP contribution in [0.15, 0.2) is 200 Å². The Kier molecular flexibility index (Phi) is 7.94. The molecule has 1 nitrogen and oxygen atoms in total. The molecule has 9 aromatic rings. The highest BCUT2D eigenvalue weighted by atomic mass is 15.1. The van der Waals surface area contributed by atoms with Gasteiger partial charge in [-0.05, 0) is 126 Å². The van der Waals surface area contributed by atoms with Crippen molar-refractivity contribution in [1.29, 1.82) is 0 Å². The van der Waals surface area contributed by atoms with Gasteiger partial charge in [-0.15, -0.1) is 0 Å². The van der Waals surface area contributed by atoms with E-state index < -0.39 is 0 Å². The topological polar surface area (TPSA) is 3.24 Å². The number of anilines is 3. The van der Waals surface area contributed by atoms with Crippen LogP contribution in [0.1, 0.15) is 49.9 Å². The van der Waals surface area contributed by atoms with Crippen LogP contribution in [0, 0.1) is 0 Å². The first-order chi connectivity index (χ1) is 28.8. The molecule has 9 aromatic carbocycles. The summed E-state index contributed by atoms with van der Waals surface area (Å²) >= 11 is 0. The molecule has 0 saturated carbocycles. The van der Waals surface area contributed by atoms with Crippen molar-refractivity contribution in [3.63, 3.8) is 0 Å². The maximum atomic E-state index is 2.45. The zero-order valence-electron chi connectivity index (χ0n) is 34.0. The van der Waals surface area contributed by atoms with Crippen LogP contribution < -0.4 is 4.90 Å². The Morgan fingerprint density at radius 3 is 1.59 bits per heavy atom. The van der Waals surface area contributed by atoms with E-state index in [4.69, 9.17) is 0 Å². The number of hydrogen-bond acceptors (Lipinski definition) is 1. The first-order valence-electron chi connectivity index (χ1n) is 20.8. The second-order valence-electron chi connectivity index (χ2n) is 17.3. The smallest absolute Gasteiger partial charge is 0.0540 e. The van der Waals surface area contributed by atoms with E-state index in [1.165, 1.54) is 88.7 Å². The Balaban J connectivity index is 1.02. The van der Waals surface area contributed by atoms with Crippen molar-refractivity contribution in [2.45, 2.75) is 38.5 Å². The molecule has 0 unspecified atom stereocenters. The largest absolute Gasteiger partial charge is 0.310 e. The fourth-order valence-electron chi connectivity index (χ4n) is 10.2. The van der Waals surface area contributed by atoms with Gasteiger partial charge in [0.2, 0.25) is 0 Å². The highest BCUT2D eigenvalue weighted by molar-refractivity contribution is 5.98. The quantitative estimate of drug-likeness (QED) is 0.163. The minimum atomic E-state index is -0.198. The van der Waals surface area contributed by atoms with Crippen LogP contribution in [-0.4, -0.2) is 0 Å². The van der Waals surface area contributed by atoms with Crippen LogP contribution >= 0.6 is 0 Å². The van der Waals surface area contributed by atoms with Gasteiger partial charge in [0.05, 0.1) is 5.69 Å². The average Bonchev–Trinajstić information content (AvgIpc) is 3.65. The van der Waals surface area contributed by atoms with Crippen LogP contribution in [0.2, 0.25) is 0 Å². The molecule has 0 fully saturated rings. The van der Waals surface area contributed by atoms with Crippen LogP contribution in [0.5, 0.6) is 0 Å². The molecule has 59 heavy (non-hydrogen) atoms. The van der Waals surface area contributed by atoms with Crippen LogP contribution in [0.25, 0.3) is 66.4 Å². The van der Waals surface area contributed by atoms with Crippen molar-refractivity contribution in [2.75, 3.05) is 4.90 Å². The van der Waals surface area contributed by atoms with Crippen molar-refractivity contribution < 1.29 is 0 Å². The zero-order chi connectivity index (χ0) is 39.9. The van der Waals surface area contributed by atoms with Gasteiger partial charge in [-0.3, -0.25) is 0 Å². The monoisotopic (exact) mass is 755 g/mol. The van der Waals surface area contributed by atoms with E-state index in [1.54, 1.807) is 0 Å². The summed E-state index contributed by atoms with van der Waals surface area (Å²) in [5.41, 5.74) is 21.4.